The fourth-order valence-electron chi connectivity index (χ4n) is 2.66. The van der Waals surface area contributed by atoms with Crippen LogP contribution < -0.4 is 9.47 Å². The van der Waals surface area contributed by atoms with Crippen molar-refractivity contribution in [3.8, 4) is 11.5 Å². The number of hydrogen-bond acceptors (Lipinski definition) is 3. The van der Waals surface area contributed by atoms with Crippen LogP contribution in [0.2, 0.25) is 0 Å². The number of likely N-dealkylation sites (tertiary alicyclic amines) is 1. The lowest BCUT2D eigenvalue weighted by Crippen LogP contribution is -2.25. The van der Waals surface area contributed by atoms with Crippen LogP contribution in [0, 0.1) is 0 Å². The number of hydrogen-bond donors (Lipinski definition) is 0. The van der Waals surface area contributed by atoms with Gasteiger partial charge >= 0.3 is 0 Å². The summed E-state index contributed by atoms with van der Waals surface area (Å²) in [4.78, 5) is 13.7. The molecule has 3 rings (SSSR count). The number of nitrogens with zero attached hydrogens (tertiary/aromatic N) is 1. The Kier molecular flexibility index (Phi) is 4.78. The smallest absolute Gasteiger partial charge is 0.246 e. The number of unbranched alkanes of at least 4 members (excludes halogenated alkanes) is 1. The average molecular weight is 299 g/mol. The predicted octanol–water partition coefficient (Wildman–Crippen LogP) is 3.39. The van der Waals surface area contributed by atoms with E-state index >= 15 is 0 Å². The lowest BCUT2D eigenvalue weighted by molar-refractivity contribution is -0.125. The second-order valence-corrected chi connectivity index (χ2v) is 5.53. The highest BCUT2D eigenvalue weighted by Crippen LogP contribution is 2.32. The minimum Gasteiger partial charge on any atom is -0.454 e. The van der Waals surface area contributed by atoms with E-state index in [0.29, 0.717) is 6.79 Å². The zero-order valence-corrected chi connectivity index (χ0v) is 12.7. The molecular weight excluding hydrogens is 278 g/mol. The van der Waals surface area contributed by atoms with E-state index in [0.717, 1.165) is 55.8 Å². The summed E-state index contributed by atoms with van der Waals surface area (Å²) in [6, 6.07) is 5.92. The molecule has 0 bridgehead atoms. The molecule has 0 saturated carbocycles. The van der Waals surface area contributed by atoms with Gasteiger partial charge < -0.3 is 14.4 Å². The molecule has 1 saturated heterocycles. The number of rotatable bonds is 5. The van der Waals surface area contributed by atoms with E-state index in [1.807, 2.05) is 29.2 Å². The summed E-state index contributed by atoms with van der Waals surface area (Å²) in [6.07, 6.45) is 11.9. The molecule has 0 aromatic heterocycles. The number of benzene rings is 1. The van der Waals surface area contributed by atoms with Crippen LogP contribution in [-0.4, -0.2) is 30.7 Å². The Morgan fingerprint density at radius 1 is 1.09 bits per heavy atom. The molecule has 1 aromatic rings. The van der Waals surface area contributed by atoms with Gasteiger partial charge in [-0.1, -0.05) is 24.3 Å². The van der Waals surface area contributed by atoms with Gasteiger partial charge in [0.2, 0.25) is 12.7 Å². The molecule has 4 heteroatoms. The highest BCUT2D eigenvalue weighted by atomic mass is 16.7. The van der Waals surface area contributed by atoms with Crippen molar-refractivity contribution in [3.05, 3.63) is 42.0 Å². The number of fused-ring (bicyclic) bond motifs is 1. The Hall–Kier alpha value is -2.23. The SMILES string of the molecule is O=C(/C=C/CC/C=C/c1ccc2c(c1)OCO2)N1CCCC1. The van der Waals surface area contributed by atoms with Gasteiger partial charge in [-0.25, -0.2) is 0 Å². The zero-order chi connectivity index (χ0) is 15.2. The van der Waals surface area contributed by atoms with Crippen molar-refractivity contribution in [2.45, 2.75) is 25.7 Å². The minimum absolute atomic E-state index is 0.150. The van der Waals surface area contributed by atoms with Gasteiger partial charge in [0.05, 0.1) is 0 Å². The molecule has 1 amide bonds. The van der Waals surface area contributed by atoms with Gasteiger partial charge in [-0.2, -0.15) is 0 Å². The lowest BCUT2D eigenvalue weighted by atomic mass is 10.1. The summed E-state index contributed by atoms with van der Waals surface area (Å²) in [7, 11) is 0. The maximum absolute atomic E-state index is 11.8. The molecule has 2 heterocycles. The van der Waals surface area contributed by atoms with Gasteiger partial charge in [-0.3, -0.25) is 4.79 Å². The molecule has 0 radical (unpaired) electrons. The molecule has 2 aliphatic rings. The van der Waals surface area contributed by atoms with Crippen molar-refractivity contribution < 1.29 is 14.3 Å². The normalized spacial score (nSPS) is 17.0. The molecule has 0 aliphatic carbocycles. The molecule has 116 valence electrons. The highest BCUT2D eigenvalue weighted by Gasteiger charge is 2.14. The lowest BCUT2D eigenvalue weighted by Gasteiger charge is -2.11. The van der Waals surface area contributed by atoms with Crippen LogP contribution in [0.4, 0.5) is 0 Å². The van der Waals surface area contributed by atoms with Crippen LogP contribution in [0.3, 0.4) is 0 Å². The second-order valence-electron chi connectivity index (χ2n) is 5.53. The maximum Gasteiger partial charge on any atom is 0.246 e. The van der Waals surface area contributed by atoms with Crippen LogP contribution in [0.5, 0.6) is 11.5 Å². The zero-order valence-electron chi connectivity index (χ0n) is 12.7. The summed E-state index contributed by atoms with van der Waals surface area (Å²) in [6.45, 7) is 2.12. The van der Waals surface area contributed by atoms with E-state index in [4.69, 9.17) is 9.47 Å². The van der Waals surface area contributed by atoms with E-state index in [9.17, 15) is 4.79 Å². The first-order valence-corrected chi connectivity index (χ1v) is 7.84. The Morgan fingerprint density at radius 2 is 1.86 bits per heavy atom. The summed E-state index contributed by atoms with van der Waals surface area (Å²) in [5.41, 5.74) is 1.10. The first kappa shape index (κ1) is 14.7. The van der Waals surface area contributed by atoms with Crippen LogP contribution in [0.15, 0.2) is 36.4 Å². The third-order valence-corrected chi connectivity index (χ3v) is 3.89. The van der Waals surface area contributed by atoms with E-state index in [2.05, 4.69) is 12.2 Å². The molecule has 22 heavy (non-hydrogen) atoms. The molecule has 2 aliphatic heterocycles. The van der Waals surface area contributed by atoms with Crippen molar-refractivity contribution >= 4 is 12.0 Å². The fraction of sp³-hybridized carbons (Fsp3) is 0.389. The van der Waals surface area contributed by atoms with Crippen LogP contribution in [-0.2, 0) is 4.79 Å². The monoisotopic (exact) mass is 299 g/mol. The Bertz CT molecular complexity index is 586. The molecular formula is C18H21NO3. The summed E-state index contributed by atoms with van der Waals surface area (Å²) < 4.78 is 10.6. The average Bonchev–Trinajstić information content (AvgIpc) is 3.20. The molecule has 0 unspecified atom stereocenters. The van der Waals surface area contributed by atoms with Gasteiger partial charge in [-0.15, -0.1) is 0 Å². The molecule has 4 nitrogen and oxygen atoms in total. The molecule has 0 spiro atoms. The van der Waals surface area contributed by atoms with Gasteiger partial charge in [0, 0.05) is 13.1 Å². The summed E-state index contributed by atoms with van der Waals surface area (Å²) in [5, 5.41) is 0. The molecule has 1 fully saturated rings. The van der Waals surface area contributed by atoms with Gasteiger partial charge in [0.15, 0.2) is 11.5 Å². The number of carbonyl (C=O) groups is 1. The second kappa shape index (κ2) is 7.16. The van der Waals surface area contributed by atoms with Crippen LogP contribution in [0.25, 0.3) is 6.08 Å². The third kappa shape index (κ3) is 3.70. The van der Waals surface area contributed by atoms with Crippen molar-refractivity contribution in [2.24, 2.45) is 0 Å². The molecule has 1 aromatic carbocycles. The number of ether oxygens (including phenoxy) is 2. The minimum atomic E-state index is 0.150. The number of allylic oxidation sites excluding steroid dienone is 2. The van der Waals surface area contributed by atoms with E-state index in [1.54, 1.807) is 6.08 Å². The van der Waals surface area contributed by atoms with Crippen molar-refractivity contribution in [1.29, 1.82) is 0 Å². The highest BCUT2D eigenvalue weighted by molar-refractivity contribution is 5.87. The standard InChI is InChI=1S/C18H21NO3/c20-18(19-11-5-6-12-19)8-4-2-1-3-7-15-9-10-16-17(13-15)22-14-21-16/h3-4,7-10,13H,1-2,5-6,11-12,14H2/b7-3+,8-4+. The largest absolute Gasteiger partial charge is 0.454 e. The Morgan fingerprint density at radius 3 is 2.73 bits per heavy atom. The summed E-state index contributed by atoms with van der Waals surface area (Å²) >= 11 is 0. The molecule has 0 N–H and O–H groups in total. The Labute approximate surface area is 131 Å². The Balaban J connectivity index is 1.42. The number of carbonyl (C=O) groups excluding carboxylic acids is 1. The van der Waals surface area contributed by atoms with Crippen molar-refractivity contribution in [2.75, 3.05) is 19.9 Å². The third-order valence-electron chi connectivity index (χ3n) is 3.89. The summed E-state index contributed by atoms with van der Waals surface area (Å²) in [5.74, 6) is 1.76. The first-order chi connectivity index (χ1) is 10.8. The maximum atomic E-state index is 11.8. The van der Waals surface area contributed by atoms with E-state index < -0.39 is 0 Å². The van der Waals surface area contributed by atoms with E-state index in [-0.39, 0.29) is 5.91 Å². The topological polar surface area (TPSA) is 38.8 Å². The van der Waals surface area contributed by atoms with Crippen LogP contribution >= 0.6 is 0 Å². The number of amides is 1. The van der Waals surface area contributed by atoms with Gasteiger partial charge in [-0.05, 0) is 49.5 Å². The van der Waals surface area contributed by atoms with Crippen molar-refractivity contribution in [1.82, 2.24) is 4.90 Å². The van der Waals surface area contributed by atoms with Crippen molar-refractivity contribution in [3.63, 3.8) is 0 Å². The van der Waals surface area contributed by atoms with E-state index in [1.165, 1.54) is 0 Å². The van der Waals surface area contributed by atoms with Gasteiger partial charge in [0.1, 0.15) is 0 Å². The molecule has 0 atom stereocenters. The van der Waals surface area contributed by atoms with Gasteiger partial charge in [0.25, 0.3) is 0 Å². The quantitative estimate of drug-likeness (QED) is 0.618. The fourth-order valence-corrected chi connectivity index (χ4v) is 2.66. The van der Waals surface area contributed by atoms with Crippen LogP contribution in [0.1, 0.15) is 31.2 Å². The predicted molar refractivity (Wildman–Crippen MR) is 85.8 cm³/mol. The first-order valence-electron chi connectivity index (χ1n) is 7.84.